The van der Waals surface area contributed by atoms with E-state index >= 15 is 0 Å². The summed E-state index contributed by atoms with van der Waals surface area (Å²) in [5, 5.41) is 15.4. The third-order valence-electron chi connectivity index (χ3n) is 15.3. The summed E-state index contributed by atoms with van der Waals surface area (Å²) >= 11 is 0. The molecule has 4 heterocycles. The molecule has 1 N–H and O–H groups in total. The number of fused-ring (bicyclic) bond motifs is 7. The zero-order valence-corrected chi connectivity index (χ0v) is 45.1. The Labute approximate surface area is 445 Å². The van der Waals surface area contributed by atoms with Crippen LogP contribution in [0.1, 0.15) is 103 Å². The number of rotatable bonds is 9. The standard InChI is InChI=1S/C70H63N3O3/c1-41(2)53-36-51(48-27-25-47(26-28-48)46-23-21-45(22-24-46)43-17-13-11-14-18-43)37-54(42(3)4)65(53)73-59-30-32-61-63(64(59)72-67(73)56-39-52(69(5,6)7)40-57(66(56)74)70(8,9)10)62-55-35-50(29-31-60(55)75-68(62)76-61)58-38-49(33-34-71-58)44-19-15-12-16-20-44/h11-42,74H,1-10H3. The molecule has 0 atom stereocenters. The molecule has 0 fully saturated rings. The van der Waals surface area contributed by atoms with Gasteiger partial charge in [0.1, 0.15) is 28.3 Å². The van der Waals surface area contributed by atoms with Crippen molar-refractivity contribution in [1.29, 1.82) is 0 Å². The molecule has 0 saturated heterocycles. The number of aromatic nitrogens is 3. The van der Waals surface area contributed by atoms with Gasteiger partial charge >= 0.3 is 0 Å². The second-order valence-electron chi connectivity index (χ2n) is 23.2. The van der Waals surface area contributed by atoms with Crippen molar-refractivity contribution >= 4 is 44.1 Å². The molecule has 6 heteroatoms. The molecule has 0 spiro atoms. The average Bonchev–Trinajstić information content (AvgIpc) is 4.10. The first-order chi connectivity index (χ1) is 36.5. The van der Waals surface area contributed by atoms with Gasteiger partial charge < -0.3 is 13.9 Å². The van der Waals surface area contributed by atoms with Crippen LogP contribution < -0.4 is 0 Å². The Kier molecular flexibility index (Phi) is 11.7. The van der Waals surface area contributed by atoms with Gasteiger partial charge in [0.25, 0.3) is 5.78 Å². The third kappa shape index (κ3) is 8.46. The summed E-state index contributed by atoms with van der Waals surface area (Å²) in [6.45, 7) is 22.3. The summed E-state index contributed by atoms with van der Waals surface area (Å²) < 4.78 is 15.5. The topological polar surface area (TPSA) is 77.2 Å². The van der Waals surface area contributed by atoms with Crippen LogP contribution in [0.3, 0.4) is 0 Å². The fraction of sp³-hybridized carbons (Fsp3) is 0.200. The van der Waals surface area contributed by atoms with Gasteiger partial charge in [-0.2, -0.15) is 0 Å². The molecule has 76 heavy (non-hydrogen) atoms. The highest BCUT2D eigenvalue weighted by Gasteiger charge is 2.32. The predicted molar refractivity (Wildman–Crippen MR) is 316 cm³/mol. The molecular formula is C70H63N3O3. The number of furan rings is 2. The van der Waals surface area contributed by atoms with Gasteiger partial charge in [0, 0.05) is 22.7 Å². The Morgan fingerprint density at radius 3 is 1.58 bits per heavy atom. The second kappa shape index (κ2) is 18.4. The quantitative estimate of drug-likeness (QED) is 0.156. The first-order valence-corrected chi connectivity index (χ1v) is 26.6. The number of pyridine rings is 1. The van der Waals surface area contributed by atoms with Crippen molar-refractivity contribution in [3.8, 4) is 78.6 Å². The number of imidazole rings is 1. The molecule has 4 aromatic heterocycles. The minimum absolute atomic E-state index is 0.120. The summed E-state index contributed by atoms with van der Waals surface area (Å²) in [7, 11) is 0. The lowest BCUT2D eigenvalue weighted by atomic mass is 9.78. The van der Waals surface area contributed by atoms with Crippen molar-refractivity contribution in [2.75, 3.05) is 0 Å². The van der Waals surface area contributed by atoms with Gasteiger partial charge in [-0.1, -0.05) is 184 Å². The molecule has 0 saturated carbocycles. The Hall–Kier alpha value is -8.48. The van der Waals surface area contributed by atoms with Crippen LogP contribution in [0, 0.1) is 0 Å². The molecule has 0 unspecified atom stereocenters. The van der Waals surface area contributed by atoms with Crippen molar-refractivity contribution in [2.24, 2.45) is 0 Å². The number of phenolic OH excluding ortho intramolecular Hbond substituents is 1. The van der Waals surface area contributed by atoms with Gasteiger partial charge in [-0.25, -0.2) is 4.98 Å². The molecule has 376 valence electrons. The molecule has 0 aliphatic heterocycles. The van der Waals surface area contributed by atoms with Gasteiger partial charge in [0.05, 0.1) is 33.2 Å². The van der Waals surface area contributed by atoms with Crippen molar-refractivity contribution in [3.63, 3.8) is 0 Å². The fourth-order valence-corrected chi connectivity index (χ4v) is 11.0. The third-order valence-corrected chi connectivity index (χ3v) is 15.3. The molecule has 0 aliphatic carbocycles. The van der Waals surface area contributed by atoms with E-state index in [-0.39, 0.29) is 28.4 Å². The van der Waals surface area contributed by atoms with Crippen molar-refractivity contribution in [3.05, 3.63) is 204 Å². The maximum atomic E-state index is 12.8. The van der Waals surface area contributed by atoms with Crippen LogP contribution in [0.15, 0.2) is 191 Å². The maximum absolute atomic E-state index is 12.8. The van der Waals surface area contributed by atoms with E-state index < -0.39 is 0 Å². The number of hydrogen-bond donors (Lipinski definition) is 1. The minimum atomic E-state index is -0.362. The summed E-state index contributed by atoms with van der Waals surface area (Å²) in [6.07, 6.45) is 1.87. The van der Waals surface area contributed by atoms with Crippen molar-refractivity contribution in [2.45, 2.75) is 91.9 Å². The summed E-state index contributed by atoms with van der Waals surface area (Å²) in [6, 6.07) is 62.4. The average molecular weight is 994 g/mol. The highest BCUT2D eigenvalue weighted by atomic mass is 16.5. The lowest BCUT2D eigenvalue weighted by molar-refractivity contribution is 0.446. The van der Waals surface area contributed by atoms with Crippen LogP contribution in [0.5, 0.6) is 5.75 Å². The highest BCUT2D eigenvalue weighted by molar-refractivity contribution is 6.25. The molecule has 12 aromatic rings. The number of hydrogen-bond acceptors (Lipinski definition) is 5. The lowest BCUT2D eigenvalue weighted by Crippen LogP contribution is -2.17. The summed E-state index contributed by atoms with van der Waals surface area (Å²) in [5.41, 5.74) is 19.7. The number of phenols is 1. The molecule has 0 aliphatic rings. The van der Waals surface area contributed by atoms with Crippen LogP contribution in [-0.4, -0.2) is 19.6 Å². The summed E-state index contributed by atoms with van der Waals surface area (Å²) in [4.78, 5) is 10.6. The SMILES string of the molecule is CC(C)c1cc(-c2ccc(-c3ccc(-c4ccccc4)cc3)cc2)cc(C(C)C)c1-n1c(-c2cc(C(C)(C)C)cc(C(C)(C)C)c2O)nc2c3c(ccc21)oc1oc2ccc(-c4cc(-c5ccccc5)ccn4)cc2c13. The Morgan fingerprint density at radius 1 is 0.487 bits per heavy atom. The molecular weight excluding hydrogens is 931 g/mol. The van der Waals surface area contributed by atoms with Gasteiger partial charge in [-0.15, -0.1) is 0 Å². The van der Waals surface area contributed by atoms with Gasteiger partial charge in [0.2, 0.25) is 0 Å². The smallest absolute Gasteiger partial charge is 0.299 e. The lowest BCUT2D eigenvalue weighted by Gasteiger charge is -2.28. The molecule has 6 nitrogen and oxygen atoms in total. The first kappa shape index (κ1) is 48.5. The van der Waals surface area contributed by atoms with E-state index in [1.165, 1.54) is 33.4 Å². The minimum Gasteiger partial charge on any atom is -0.507 e. The number of nitrogens with zero attached hydrogens (tertiary/aromatic N) is 3. The first-order valence-electron chi connectivity index (χ1n) is 26.6. The van der Waals surface area contributed by atoms with Crippen LogP contribution >= 0.6 is 0 Å². The Bertz CT molecular complexity index is 4130. The van der Waals surface area contributed by atoms with E-state index in [1.54, 1.807) is 0 Å². The van der Waals surface area contributed by atoms with E-state index in [0.29, 0.717) is 22.8 Å². The zero-order chi connectivity index (χ0) is 52.8. The predicted octanol–water partition coefficient (Wildman–Crippen LogP) is 19.6. The van der Waals surface area contributed by atoms with E-state index in [0.717, 1.165) is 83.1 Å². The Balaban J connectivity index is 1.08. The van der Waals surface area contributed by atoms with Gasteiger partial charge in [-0.05, 0) is 145 Å². The number of aromatic hydroxyl groups is 1. The van der Waals surface area contributed by atoms with Crippen LogP contribution in [-0.2, 0) is 10.8 Å². The summed E-state index contributed by atoms with van der Waals surface area (Å²) in [5.74, 6) is 1.58. The van der Waals surface area contributed by atoms with Crippen LogP contribution in [0.4, 0.5) is 0 Å². The maximum Gasteiger partial charge on any atom is 0.299 e. The van der Waals surface area contributed by atoms with Crippen molar-refractivity contribution < 1.29 is 13.9 Å². The van der Waals surface area contributed by atoms with E-state index in [1.807, 2.05) is 18.3 Å². The largest absolute Gasteiger partial charge is 0.507 e. The van der Waals surface area contributed by atoms with Crippen molar-refractivity contribution in [1.82, 2.24) is 14.5 Å². The van der Waals surface area contributed by atoms with E-state index in [2.05, 4.69) is 238 Å². The van der Waals surface area contributed by atoms with Crippen LogP contribution in [0.25, 0.3) is 117 Å². The highest BCUT2D eigenvalue weighted by Crippen LogP contribution is 2.49. The zero-order valence-electron chi connectivity index (χ0n) is 45.1. The fourth-order valence-electron chi connectivity index (χ4n) is 11.0. The monoisotopic (exact) mass is 993 g/mol. The molecule has 12 rings (SSSR count). The van der Waals surface area contributed by atoms with E-state index in [4.69, 9.17) is 18.8 Å². The molecule has 8 aromatic carbocycles. The second-order valence-corrected chi connectivity index (χ2v) is 23.2. The Morgan fingerprint density at radius 2 is 1.01 bits per heavy atom. The molecule has 0 radical (unpaired) electrons. The molecule has 0 amide bonds. The van der Waals surface area contributed by atoms with E-state index in [9.17, 15) is 5.11 Å². The number of benzene rings is 8. The van der Waals surface area contributed by atoms with Gasteiger partial charge in [-0.3, -0.25) is 9.55 Å². The normalized spacial score (nSPS) is 12.4. The van der Waals surface area contributed by atoms with Crippen LogP contribution in [0.2, 0.25) is 0 Å². The molecule has 0 bridgehead atoms. The van der Waals surface area contributed by atoms with Gasteiger partial charge in [0.15, 0.2) is 0 Å².